The van der Waals surface area contributed by atoms with E-state index in [0.717, 1.165) is 13.1 Å². The minimum Gasteiger partial charge on any atom is -1.00 e. The van der Waals surface area contributed by atoms with Gasteiger partial charge < -0.3 is 38.7 Å². The van der Waals surface area contributed by atoms with Gasteiger partial charge in [-0.15, -0.1) is 0 Å². The molecule has 0 aromatic carbocycles. The number of aryl methyl sites for hydroxylation is 4. The summed E-state index contributed by atoms with van der Waals surface area (Å²) in [6.07, 6.45) is 13.7. The average molecular weight is 530 g/mol. The van der Waals surface area contributed by atoms with E-state index in [2.05, 4.69) is 85.9 Å². The van der Waals surface area contributed by atoms with Crippen LogP contribution in [0.5, 0.6) is 0 Å². The molecule has 5 nitrogen and oxygen atoms in total. The number of halogens is 2. The van der Waals surface area contributed by atoms with Gasteiger partial charge in [0.2, 0.25) is 0 Å². The van der Waals surface area contributed by atoms with E-state index in [9.17, 15) is 0 Å². The van der Waals surface area contributed by atoms with Crippen LogP contribution in [0, 0.1) is 36.5 Å². The van der Waals surface area contributed by atoms with E-state index in [1.54, 1.807) is 0 Å². The molecule has 166 valence electrons. The van der Waals surface area contributed by atoms with Gasteiger partial charge in [0, 0.05) is 36.1 Å². The largest absolute Gasteiger partial charge is 1.00 e. The minimum absolute atomic E-state index is 0. The summed E-state index contributed by atoms with van der Waals surface area (Å²) >= 11 is 0. The summed E-state index contributed by atoms with van der Waals surface area (Å²) in [6.45, 7) is 11.0. The third-order valence-corrected chi connectivity index (χ3v) is 3.60. The normalized spacial score (nSPS) is 7.19. The second-order valence-electron chi connectivity index (χ2n) is 6.17. The second kappa shape index (κ2) is 36.7. The molecule has 4 radical (unpaired) electrons. The molecule has 0 saturated carbocycles. The average Bonchev–Trinajstić information content (AvgIpc) is 2.65. The van der Waals surface area contributed by atoms with Crippen LogP contribution < -0.4 is 137 Å². The topological polar surface area (TPSA) is 86.8 Å². The maximum Gasteiger partial charge on any atom is 1.00 e. The molecule has 2 heterocycles. The summed E-state index contributed by atoms with van der Waals surface area (Å²) < 4.78 is 4.50. The third kappa shape index (κ3) is 31.2. The number of hydrogen-bond donors (Lipinski definition) is 0. The molecule has 10 heteroatoms. The van der Waals surface area contributed by atoms with Crippen molar-refractivity contribution in [2.24, 2.45) is 0 Å². The molecule has 0 atom stereocenters. The Morgan fingerprint density at radius 2 is 1.06 bits per heavy atom. The van der Waals surface area contributed by atoms with E-state index in [0.29, 0.717) is 0 Å². The van der Waals surface area contributed by atoms with Crippen LogP contribution in [0.4, 0.5) is 0 Å². The Kier molecular flexibility index (Phi) is 57.5. The van der Waals surface area contributed by atoms with Crippen LogP contribution in [0.25, 0.3) is 0 Å². The molecule has 0 unspecified atom stereocenters. The standard InChI is InChI=1S/2C10H16N.C2N2.B.2ClH.2K.H2O/c2*1-3-4-7-11-8-5-6-10(2)9-11;3-1-2-4;;;;;;/h2*5-6,8-9H,3-4,7H2,1-2H3;;;2*1H;;;1H2/q2*+1;;-1;;;2*+1;/p-2. The molecule has 0 aliphatic carbocycles. The molecule has 0 saturated heterocycles. The van der Waals surface area contributed by atoms with Crippen LogP contribution >= 0.6 is 0 Å². The van der Waals surface area contributed by atoms with Gasteiger partial charge in [0.05, 0.1) is 0 Å². The van der Waals surface area contributed by atoms with Gasteiger partial charge in [0.15, 0.2) is 36.9 Å². The van der Waals surface area contributed by atoms with Gasteiger partial charge in [0.25, 0.3) is 0 Å². The molecule has 2 aromatic rings. The molecule has 32 heavy (non-hydrogen) atoms. The Bertz CT molecular complexity index is 668. The zero-order valence-corrected chi connectivity index (χ0v) is 28.2. The Hall–Kier alpha value is 1.16. The summed E-state index contributed by atoms with van der Waals surface area (Å²) in [5, 5.41) is 14.5. The number of pyridine rings is 2. The Morgan fingerprint density at radius 3 is 1.28 bits per heavy atom. The van der Waals surface area contributed by atoms with E-state index >= 15 is 0 Å². The zero-order valence-electron chi connectivity index (χ0n) is 20.5. The molecule has 2 N–H and O–H groups in total. The van der Waals surface area contributed by atoms with Crippen LogP contribution in [-0.4, -0.2) is 13.9 Å². The number of unbranched alkanes of at least 4 members (excludes halogenated alkanes) is 2. The zero-order chi connectivity index (χ0) is 19.6. The third-order valence-electron chi connectivity index (χ3n) is 3.60. The molecule has 0 aliphatic heterocycles. The first-order chi connectivity index (χ1) is 12.6. The Morgan fingerprint density at radius 1 is 0.750 bits per heavy atom. The van der Waals surface area contributed by atoms with Crippen LogP contribution in [0.15, 0.2) is 49.1 Å². The van der Waals surface area contributed by atoms with Gasteiger partial charge in [0.1, 0.15) is 13.1 Å². The van der Waals surface area contributed by atoms with E-state index in [-0.39, 0.29) is 141 Å². The fourth-order valence-corrected chi connectivity index (χ4v) is 2.27. The smallest absolute Gasteiger partial charge is 1.00 e. The predicted molar refractivity (Wildman–Crippen MR) is 113 cm³/mol. The van der Waals surface area contributed by atoms with Crippen molar-refractivity contribution >= 4 is 8.41 Å². The van der Waals surface area contributed by atoms with E-state index in [1.807, 2.05) is 0 Å². The van der Waals surface area contributed by atoms with Gasteiger partial charge in [-0.05, 0) is 26.0 Å². The molecule has 2 aromatic heterocycles. The molecule has 0 fully saturated rings. The van der Waals surface area contributed by atoms with Gasteiger partial charge in [-0.25, -0.2) is 9.13 Å². The molecule has 0 amide bonds. The maximum atomic E-state index is 7.26. The molecule has 2 rings (SSSR count). The Balaban J connectivity index is -0.0000000577. The van der Waals surface area contributed by atoms with Gasteiger partial charge in [-0.3, -0.25) is 0 Å². The first-order valence-corrected chi connectivity index (χ1v) is 9.26. The summed E-state index contributed by atoms with van der Waals surface area (Å²) in [4.78, 5) is 0. The fourth-order valence-electron chi connectivity index (χ4n) is 2.27. The number of aromatic nitrogens is 2. The second-order valence-corrected chi connectivity index (χ2v) is 6.17. The van der Waals surface area contributed by atoms with Crippen LogP contribution in [-0.2, 0) is 13.1 Å². The van der Waals surface area contributed by atoms with Gasteiger partial charge in [-0.1, -0.05) is 26.7 Å². The fraction of sp³-hybridized carbons (Fsp3) is 0.455. The van der Waals surface area contributed by atoms with Crippen molar-refractivity contribution in [3.63, 3.8) is 0 Å². The van der Waals surface area contributed by atoms with Crippen molar-refractivity contribution in [2.45, 2.75) is 66.5 Å². The summed E-state index contributed by atoms with van der Waals surface area (Å²) in [5.74, 6) is 0. The predicted octanol–water partition coefficient (Wildman–Crippen LogP) is -8.99. The maximum absolute atomic E-state index is 7.26. The number of hydrogen-bond acceptors (Lipinski definition) is 2. The number of rotatable bonds is 6. The van der Waals surface area contributed by atoms with Crippen LogP contribution in [0.1, 0.15) is 50.7 Å². The van der Waals surface area contributed by atoms with Crippen molar-refractivity contribution in [1.82, 2.24) is 0 Å². The van der Waals surface area contributed by atoms with Crippen molar-refractivity contribution in [3.8, 4) is 12.1 Å². The van der Waals surface area contributed by atoms with Gasteiger partial charge >= 0.3 is 103 Å². The number of nitrogens with zero attached hydrogens (tertiary/aromatic N) is 4. The monoisotopic (exact) mass is 529 g/mol. The van der Waals surface area contributed by atoms with Crippen molar-refractivity contribution in [2.75, 3.05) is 0 Å². The molecular formula is C22H34BCl2K2N4O+. The van der Waals surface area contributed by atoms with E-state index in [4.69, 9.17) is 10.5 Å². The Labute approximate surface area is 294 Å². The van der Waals surface area contributed by atoms with Crippen molar-refractivity contribution in [1.29, 1.82) is 10.5 Å². The van der Waals surface area contributed by atoms with Gasteiger partial charge in [-0.2, -0.15) is 10.5 Å². The minimum atomic E-state index is 0. The first-order valence-electron chi connectivity index (χ1n) is 9.26. The first kappa shape index (κ1) is 50.1. The van der Waals surface area contributed by atoms with E-state index < -0.39 is 0 Å². The SMILES string of the molecule is CCCC[n+]1cccc(C)c1.CCCC[n+]1cccc(C)c1.N#CC#N.O.[B-].[Cl-].[Cl-].[K+].[K+]. The quantitative estimate of drug-likeness (QED) is 0.275. The van der Waals surface area contributed by atoms with Crippen LogP contribution in [0.2, 0.25) is 0 Å². The number of nitriles is 2. The summed E-state index contributed by atoms with van der Waals surface area (Å²) in [5.41, 5.74) is 2.67. The molecule has 0 aliphatic rings. The summed E-state index contributed by atoms with van der Waals surface area (Å²) in [7, 11) is 0. The van der Waals surface area contributed by atoms with Crippen LogP contribution in [0.3, 0.4) is 0 Å². The van der Waals surface area contributed by atoms with E-state index in [1.165, 1.54) is 48.9 Å². The van der Waals surface area contributed by atoms with Crippen molar-refractivity contribution in [3.05, 3.63) is 60.2 Å². The summed E-state index contributed by atoms with van der Waals surface area (Å²) in [6, 6.07) is 10.9. The molecule has 0 bridgehead atoms. The molecular weight excluding hydrogens is 496 g/mol. The molecule has 0 spiro atoms. The van der Waals surface area contributed by atoms with Crippen molar-refractivity contribution < 1.29 is 142 Å².